The molecule has 19 heavy (non-hydrogen) atoms. The molecule has 0 bridgehead atoms. The van der Waals surface area contributed by atoms with Gasteiger partial charge in [0.05, 0.1) is 5.02 Å². The summed E-state index contributed by atoms with van der Waals surface area (Å²) in [5, 5.41) is 0.0931. The summed E-state index contributed by atoms with van der Waals surface area (Å²) in [5.41, 5.74) is 7.49. The summed E-state index contributed by atoms with van der Waals surface area (Å²) in [5.74, 6) is 0.0167. The molecule has 0 spiro atoms. The minimum absolute atomic E-state index is 0.0931. The van der Waals surface area contributed by atoms with Crippen LogP contribution in [0.15, 0.2) is 46.2 Å². The summed E-state index contributed by atoms with van der Waals surface area (Å²) in [6.45, 7) is 4.31. The second-order valence-electron chi connectivity index (χ2n) is 4.63. The molecule has 0 amide bonds. The normalized spacial score (nSPS) is 11.0. The van der Waals surface area contributed by atoms with Crippen molar-refractivity contribution >= 4 is 29.1 Å². The van der Waals surface area contributed by atoms with Crippen LogP contribution < -0.4 is 5.73 Å². The lowest BCUT2D eigenvalue weighted by molar-refractivity contribution is 0.628. The van der Waals surface area contributed by atoms with Crippen LogP contribution in [0, 0.1) is 5.82 Å². The van der Waals surface area contributed by atoms with E-state index in [9.17, 15) is 4.39 Å². The quantitative estimate of drug-likeness (QED) is 0.774. The Bertz CT molecular complexity index is 581. The molecule has 1 nitrogen and oxygen atoms in total. The van der Waals surface area contributed by atoms with E-state index in [1.807, 2.05) is 12.1 Å². The number of anilines is 1. The van der Waals surface area contributed by atoms with Crippen LogP contribution in [0.2, 0.25) is 5.02 Å². The summed E-state index contributed by atoms with van der Waals surface area (Å²) in [7, 11) is 0. The zero-order valence-corrected chi connectivity index (χ0v) is 12.4. The third-order valence-corrected chi connectivity index (χ3v) is 4.20. The zero-order chi connectivity index (χ0) is 14.0. The van der Waals surface area contributed by atoms with Gasteiger partial charge in [0, 0.05) is 15.5 Å². The first-order valence-corrected chi connectivity index (χ1v) is 7.19. The summed E-state index contributed by atoms with van der Waals surface area (Å²) in [4.78, 5) is 1.82. The summed E-state index contributed by atoms with van der Waals surface area (Å²) in [6, 6.07) is 11.1. The van der Waals surface area contributed by atoms with Crippen LogP contribution in [-0.4, -0.2) is 0 Å². The second-order valence-corrected chi connectivity index (χ2v) is 6.15. The van der Waals surface area contributed by atoms with E-state index in [-0.39, 0.29) is 5.02 Å². The molecular weight excluding hydrogens is 281 g/mol. The molecule has 4 heteroatoms. The fourth-order valence-corrected chi connectivity index (χ4v) is 2.79. The highest BCUT2D eigenvalue weighted by atomic mass is 35.5. The number of hydrogen-bond donors (Lipinski definition) is 1. The van der Waals surface area contributed by atoms with Crippen LogP contribution in [0.5, 0.6) is 0 Å². The molecule has 0 heterocycles. The Morgan fingerprint density at radius 1 is 1.16 bits per heavy atom. The summed E-state index contributed by atoms with van der Waals surface area (Å²) >= 11 is 7.26. The fraction of sp³-hybridized carbons (Fsp3) is 0.200. The van der Waals surface area contributed by atoms with Crippen molar-refractivity contribution in [3.05, 3.63) is 52.8 Å². The molecule has 0 aliphatic heterocycles. The van der Waals surface area contributed by atoms with E-state index in [4.69, 9.17) is 17.3 Å². The largest absolute Gasteiger partial charge is 0.398 e. The molecule has 0 aromatic heterocycles. The number of nitrogens with two attached hydrogens (primary N) is 1. The second kappa shape index (κ2) is 5.85. The first-order chi connectivity index (χ1) is 8.97. The van der Waals surface area contributed by atoms with E-state index in [0.717, 1.165) is 9.79 Å². The van der Waals surface area contributed by atoms with Gasteiger partial charge in [0.15, 0.2) is 0 Å². The molecule has 2 aromatic carbocycles. The van der Waals surface area contributed by atoms with Crippen LogP contribution in [0.3, 0.4) is 0 Å². The van der Waals surface area contributed by atoms with Crippen molar-refractivity contribution < 1.29 is 4.39 Å². The van der Waals surface area contributed by atoms with Gasteiger partial charge >= 0.3 is 0 Å². The number of nitrogen functional groups attached to an aromatic ring is 1. The van der Waals surface area contributed by atoms with Gasteiger partial charge in [0.25, 0.3) is 0 Å². The number of benzene rings is 2. The predicted octanol–water partition coefficient (Wildman–Crippen LogP) is 5.34. The SMILES string of the molecule is CC(C)c1ccc(Sc2cc(Cl)c(F)cc2N)cc1. The Balaban J connectivity index is 2.24. The predicted molar refractivity (Wildman–Crippen MR) is 80.5 cm³/mol. The smallest absolute Gasteiger partial charge is 0.143 e. The average Bonchev–Trinajstić information content (AvgIpc) is 2.36. The number of hydrogen-bond acceptors (Lipinski definition) is 2. The zero-order valence-electron chi connectivity index (χ0n) is 10.8. The van der Waals surface area contributed by atoms with Gasteiger partial charge < -0.3 is 5.73 Å². The minimum Gasteiger partial charge on any atom is -0.398 e. The molecule has 2 aromatic rings. The topological polar surface area (TPSA) is 26.0 Å². The highest BCUT2D eigenvalue weighted by Crippen LogP contribution is 2.35. The van der Waals surface area contributed by atoms with Gasteiger partial charge in [-0.3, -0.25) is 0 Å². The van der Waals surface area contributed by atoms with Gasteiger partial charge in [-0.25, -0.2) is 4.39 Å². The lowest BCUT2D eigenvalue weighted by atomic mass is 10.0. The van der Waals surface area contributed by atoms with Crippen molar-refractivity contribution in [1.82, 2.24) is 0 Å². The van der Waals surface area contributed by atoms with Gasteiger partial charge in [-0.15, -0.1) is 0 Å². The minimum atomic E-state index is -0.487. The fourth-order valence-electron chi connectivity index (χ4n) is 1.68. The highest BCUT2D eigenvalue weighted by molar-refractivity contribution is 7.99. The van der Waals surface area contributed by atoms with Gasteiger partial charge in [0.1, 0.15) is 5.82 Å². The lowest BCUT2D eigenvalue weighted by Gasteiger charge is -2.09. The van der Waals surface area contributed by atoms with E-state index in [2.05, 4.69) is 26.0 Å². The van der Waals surface area contributed by atoms with Gasteiger partial charge in [-0.2, -0.15) is 0 Å². The van der Waals surface area contributed by atoms with E-state index in [1.165, 1.54) is 23.4 Å². The monoisotopic (exact) mass is 295 g/mol. The molecule has 0 aliphatic rings. The van der Waals surface area contributed by atoms with Crippen LogP contribution in [-0.2, 0) is 0 Å². The number of halogens is 2. The van der Waals surface area contributed by atoms with Gasteiger partial charge in [0.2, 0.25) is 0 Å². The molecule has 0 saturated heterocycles. The van der Waals surface area contributed by atoms with Crippen LogP contribution in [0.25, 0.3) is 0 Å². The highest BCUT2D eigenvalue weighted by Gasteiger charge is 2.08. The van der Waals surface area contributed by atoms with Crippen LogP contribution >= 0.6 is 23.4 Å². The molecule has 100 valence electrons. The Labute approximate surface area is 122 Å². The standard InChI is InChI=1S/C15H15ClFNS/c1-9(2)10-3-5-11(6-4-10)19-15-7-12(16)13(17)8-14(15)18/h3-9H,18H2,1-2H3. The molecule has 2 N–H and O–H groups in total. The molecule has 0 atom stereocenters. The van der Waals surface area contributed by atoms with Gasteiger partial charge in [-0.1, -0.05) is 49.3 Å². The average molecular weight is 296 g/mol. The Kier molecular flexibility index (Phi) is 4.38. The van der Waals surface area contributed by atoms with Crippen molar-refractivity contribution in [3.8, 4) is 0 Å². The molecular formula is C15H15ClFNS. The van der Waals surface area contributed by atoms with Crippen molar-refractivity contribution in [3.63, 3.8) is 0 Å². The molecule has 2 rings (SSSR count). The summed E-state index contributed by atoms with van der Waals surface area (Å²) in [6.07, 6.45) is 0. The maximum atomic E-state index is 13.2. The van der Waals surface area contributed by atoms with Crippen molar-refractivity contribution in [2.75, 3.05) is 5.73 Å². The van der Waals surface area contributed by atoms with E-state index in [1.54, 1.807) is 6.07 Å². The molecule has 0 radical (unpaired) electrons. The summed E-state index contributed by atoms with van der Waals surface area (Å²) < 4.78 is 13.2. The Morgan fingerprint density at radius 3 is 2.37 bits per heavy atom. The molecule has 0 saturated carbocycles. The molecule has 0 fully saturated rings. The molecule has 0 aliphatic carbocycles. The maximum absolute atomic E-state index is 13.2. The molecule has 0 unspecified atom stereocenters. The first kappa shape index (κ1) is 14.2. The third-order valence-electron chi connectivity index (χ3n) is 2.83. The van der Waals surface area contributed by atoms with Crippen molar-refractivity contribution in [2.45, 2.75) is 29.6 Å². The van der Waals surface area contributed by atoms with Crippen molar-refractivity contribution in [2.24, 2.45) is 0 Å². The third kappa shape index (κ3) is 3.43. The Morgan fingerprint density at radius 2 is 1.79 bits per heavy atom. The maximum Gasteiger partial charge on any atom is 0.143 e. The van der Waals surface area contributed by atoms with Gasteiger partial charge in [-0.05, 0) is 35.7 Å². The van der Waals surface area contributed by atoms with E-state index < -0.39 is 5.82 Å². The van der Waals surface area contributed by atoms with E-state index in [0.29, 0.717) is 11.6 Å². The lowest BCUT2D eigenvalue weighted by Crippen LogP contribution is -1.91. The van der Waals surface area contributed by atoms with E-state index >= 15 is 0 Å². The first-order valence-electron chi connectivity index (χ1n) is 5.99. The van der Waals surface area contributed by atoms with Crippen molar-refractivity contribution in [1.29, 1.82) is 0 Å². The number of rotatable bonds is 3. The van der Waals surface area contributed by atoms with Crippen LogP contribution in [0.4, 0.5) is 10.1 Å². The van der Waals surface area contributed by atoms with Crippen LogP contribution in [0.1, 0.15) is 25.3 Å². The Hall–Kier alpha value is -1.19.